The van der Waals surface area contributed by atoms with Gasteiger partial charge < -0.3 is 19.7 Å². The highest BCUT2D eigenvalue weighted by Gasteiger charge is 2.27. The lowest BCUT2D eigenvalue weighted by atomic mass is 9.86. The Labute approximate surface area is 226 Å². The molecule has 0 heterocycles. The summed E-state index contributed by atoms with van der Waals surface area (Å²) in [7, 11) is 3.48. The van der Waals surface area contributed by atoms with Gasteiger partial charge in [0.1, 0.15) is 11.5 Å². The molecule has 1 N–H and O–H groups in total. The van der Waals surface area contributed by atoms with Crippen LogP contribution in [0.2, 0.25) is 0 Å². The number of amides is 1. The number of methoxy groups -OCH3 is 2. The molecule has 0 radical (unpaired) electrons. The number of nitrogens with one attached hydrogen (secondary N) is 1. The molecule has 4 rings (SSSR count). The predicted molar refractivity (Wildman–Crippen MR) is 157 cm³/mol. The van der Waals surface area contributed by atoms with Crippen molar-refractivity contribution in [2.45, 2.75) is 99.1 Å². The largest absolute Gasteiger partial charge is 0.496 e. The summed E-state index contributed by atoms with van der Waals surface area (Å²) in [6, 6.07) is 13.6. The number of fused-ring (bicyclic) bond motifs is 2. The quantitative estimate of drug-likeness (QED) is 0.431. The molecule has 0 saturated carbocycles. The van der Waals surface area contributed by atoms with E-state index in [1.165, 1.54) is 35.1 Å². The third-order valence-electron chi connectivity index (χ3n) is 7.28. The number of carbonyl (C=O) groups is 1. The van der Waals surface area contributed by atoms with Crippen LogP contribution in [0.4, 0.5) is 0 Å². The third-order valence-corrected chi connectivity index (χ3v) is 7.28. The smallest absolute Gasteiger partial charge is 0.219 e. The van der Waals surface area contributed by atoms with Crippen molar-refractivity contribution < 1.29 is 14.3 Å². The van der Waals surface area contributed by atoms with Crippen molar-refractivity contribution in [3.05, 3.63) is 58.7 Å². The lowest BCUT2D eigenvalue weighted by Crippen LogP contribution is -2.42. The maximum Gasteiger partial charge on any atom is 0.219 e. The Morgan fingerprint density at radius 3 is 1.97 bits per heavy atom. The van der Waals surface area contributed by atoms with E-state index in [0.29, 0.717) is 12.1 Å². The van der Waals surface area contributed by atoms with Gasteiger partial charge >= 0.3 is 0 Å². The van der Waals surface area contributed by atoms with Gasteiger partial charge in [-0.3, -0.25) is 4.79 Å². The fourth-order valence-electron chi connectivity index (χ4n) is 5.53. The van der Waals surface area contributed by atoms with Gasteiger partial charge in [0.05, 0.1) is 14.2 Å². The van der Waals surface area contributed by atoms with Crippen molar-refractivity contribution in [2.75, 3.05) is 27.3 Å². The topological polar surface area (TPSA) is 50.8 Å². The minimum Gasteiger partial charge on any atom is -0.496 e. The summed E-state index contributed by atoms with van der Waals surface area (Å²) in [6.45, 7) is 8.00. The minimum atomic E-state index is 0. The highest BCUT2D eigenvalue weighted by molar-refractivity contribution is 5.73. The number of ether oxygens (including phenoxy) is 2. The SMILES string of the molecule is C.C.CCCN(C(C)=O)C1CCc2c(cccc2OC)C1.CCCNC1CCc2c(cccc2OC)C1. The molecule has 208 valence electrons. The van der Waals surface area contributed by atoms with Gasteiger partial charge in [-0.25, -0.2) is 0 Å². The first-order valence-electron chi connectivity index (χ1n) is 13.3. The molecule has 0 spiro atoms. The molecule has 2 atom stereocenters. The van der Waals surface area contributed by atoms with Gasteiger partial charge in [0.2, 0.25) is 5.91 Å². The lowest BCUT2D eigenvalue weighted by molar-refractivity contribution is -0.131. The van der Waals surface area contributed by atoms with Gasteiger partial charge in [-0.2, -0.15) is 0 Å². The van der Waals surface area contributed by atoms with Crippen molar-refractivity contribution in [1.29, 1.82) is 0 Å². The molecule has 2 aromatic rings. The summed E-state index contributed by atoms with van der Waals surface area (Å²) < 4.78 is 10.8. The number of benzene rings is 2. The Balaban J connectivity index is 0.000000355. The van der Waals surface area contributed by atoms with Crippen LogP contribution in [0.5, 0.6) is 11.5 Å². The summed E-state index contributed by atoms with van der Waals surface area (Å²) in [5, 5.41) is 3.61. The molecule has 0 bridgehead atoms. The normalized spacial score (nSPS) is 17.4. The van der Waals surface area contributed by atoms with Gasteiger partial charge in [0, 0.05) is 25.6 Å². The fourth-order valence-corrected chi connectivity index (χ4v) is 5.53. The van der Waals surface area contributed by atoms with Crippen LogP contribution < -0.4 is 14.8 Å². The maximum absolute atomic E-state index is 11.8. The summed E-state index contributed by atoms with van der Waals surface area (Å²) >= 11 is 0. The van der Waals surface area contributed by atoms with E-state index in [1.54, 1.807) is 21.1 Å². The molecule has 0 fully saturated rings. The zero-order valence-corrected chi connectivity index (χ0v) is 22.4. The van der Waals surface area contributed by atoms with Crippen LogP contribution in [0.3, 0.4) is 0 Å². The standard InChI is InChI=1S/C16H23NO2.C14H21NO.2CH4/c1-4-10-17(12(2)18)14-8-9-15-13(11-14)6-5-7-16(15)19-3;1-3-9-15-12-7-8-13-11(10-12)5-4-6-14(13)16-2;;/h5-7,14H,4,8-11H2,1-3H3;4-6,12,15H,3,7-10H2,1-2H3;2*1H4. The average Bonchev–Trinajstić information content (AvgIpc) is 2.89. The van der Waals surface area contributed by atoms with Crippen LogP contribution >= 0.6 is 0 Å². The third kappa shape index (κ3) is 8.49. The van der Waals surface area contributed by atoms with Gasteiger partial charge in [0.15, 0.2) is 0 Å². The monoisotopic (exact) mass is 512 g/mol. The second-order valence-electron chi connectivity index (χ2n) is 9.70. The molecule has 0 saturated heterocycles. The Morgan fingerprint density at radius 1 is 0.892 bits per heavy atom. The summed E-state index contributed by atoms with van der Waals surface area (Å²) in [5.41, 5.74) is 5.53. The minimum absolute atomic E-state index is 0. The molecule has 0 aliphatic heterocycles. The highest BCUT2D eigenvalue weighted by Crippen LogP contribution is 2.32. The van der Waals surface area contributed by atoms with E-state index in [4.69, 9.17) is 9.47 Å². The maximum atomic E-state index is 11.8. The number of rotatable bonds is 8. The summed E-state index contributed by atoms with van der Waals surface area (Å²) in [5.74, 6) is 2.24. The average molecular weight is 513 g/mol. The molecule has 2 aliphatic rings. The van der Waals surface area contributed by atoms with Crippen LogP contribution in [-0.4, -0.2) is 50.2 Å². The molecule has 2 unspecified atom stereocenters. The molecule has 2 aliphatic carbocycles. The van der Waals surface area contributed by atoms with Crippen molar-refractivity contribution in [2.24, 2.45) is 0 Å². The van der Waals surface area contributed by atoms with Crippen LogP contribution in [0.25, 0.3) is 0 Å². The van der Waals surface area contributed by atoms with Crippen molar-refractivity contribution in [3.63, 3.8) is 0 Å². The van der Waals surface area contributed by atoms with E-state index in [-0.39, 0.29) is 20.8 Å². The lowest BCUT2D eigenvalue weighted by Gasteiger charge is -2.35. The molecular formula is C32H52N2O3. The number of hydrogen-bond donors (Lipinski definition) is 1. The van der Waals surface area contributed by atoms with Gasteiger partial charge in [-0.05, 0) is 92.3 Å². The molecule has 5 nitrogen and oxygen atoms in total. The van der Waals surface area contributed by atoms with Crippen molar-refractivity contribution >= 4 is 5.91 Å². The van der Waals surface area contributed by atoms with Crippen LogP contribution in [0, 0.1) is 0 Å². The van der Waals surface area contributed by atoms with Crippen molar-refractivity contribution in [3.8, 4) is 11.5 Å². The van der Waals surface area contributed by atoms with Crippen LogP contribution in [0.1, 0.15) is 83.6 Å². The number of carbonyl (C=O) groups excluding carboxylic acids is 1. The molecule has 1 amide bonds. The molecule has 37 heavy (non-hydrogen) atoms. The highest BCUT2D eigenvalue weighted by atomic mass is 16.5. The molecule has 5 heteroatoms. The molecule has 2 aromatic carbocycles. The van der Waals surface area contributed by atoms with Crippen molar-refractivity contribution in [1.82, 2.24) is 10.2 Å². The second kappa shape index (κ2) is 16.3. The van der Waals surface area contributed by atoms with E-state index in [0.717, 1.165) is 63.1 Å². The first kappa shape index (κ1) is 32.5. The first-order chi connectivity index (χ1) is 17.0. The van der Waals surface area contributed by atoms with E-state index < -0.39 is 0 Å². The first-order valence-corrected chi connectivity index (χ1v) is 13.3. The fraction of sp³-hybridized carbons (Fsp3) is 0.594. The number of nitrogens with zero attached hydrogens (tertiary/aromatic N) is 1. The zero-order chi connectivity index (χ0) is 25.2. The van der Waals surface area contributed by atoms with Crippen LogP contribution in [0.15, 0.2) is 36.4 Å². The predicted octanol–water partition coefficient (Wildman–Crippen LogP) is 6.64. The molecular weight excluding hydrogens is 460 g/mol. The second-order valence-corrected chi connectivity index (χ2v) is 9.70. The Kier molecular flexibility index (Phi) is 14.4. The summed E-state index contributed by atoms with van der Waals surface area (Å²) in [4.78, 5) is 13.8. The Morgan fingerprint density at radius 2 is 1.46 bits per heavy atom. The zero-order valence-electron chi connectivity index (χ0n) is 22.4. The van der Waals surface area contributed by atoms with Gasteiger partial charge in [-0.15, -0.1) is 0 Å². The van der Waals surface area contributed by atoms with Gasteiger partial charge in [-0.1, -0.05) is 53.0 Å². The molecule has 0 aromatic heterocycles. The van der Waals surface area contributed by atoms with Gasteiger partial charge in [0.25, 0.3) is 0 Å². The summed E-state index contributed by atoms with van der Waals surface area (Å²) in [6.07, 6.45) is 8.72. The van der Waals surface area contributed by atoms with E-state index in [2.05, 4.69) is 43.4 Å². The Hall–Kier alpha value is -2.53. The van der Waals surface area contributed by atoms with E-state index in [9.17, 15) is 4.79 Å². The number of hydrogen-bond acceptors (Lipinski definition) is 4. The van der Waals surface area contributed by atoms with E-state index >= 15 is 0 Å². The van der Waals surface area contributed by atoms with Crippen LogP contribution in [-0.2, 0) is 30.5 Å². The Bertz CT molecular complexity index is 959. The van der Waals surface area contributed by atoms with E-state index in [1.807, 2.05) is 17.0 Å².